The van der Waals surface area contributed by atoms with E-state index in [9.17, 15) is 14.4 Å². The lowest BCUT2D eigenvalue weighted by atomic mass is 10.1. The molecule has 3 aromatic rings. The summed E-state index contributed by atoms with van der Waals surface area (Å²) in [5.41, 5.74) is 4.26. The Balaban J connectivity index is 1.55. The van der Waals surface area contributed by atoms with Gasteiger partial charge in [0.25, 0.3) is 5.91 Å². The molecular formula is C24H24N2O4S. The monoisotopic (exact) mass is 436 g/mol. The van der Waals surface area contributed by atoms with Crippen molar-refractivity contribution in [3.05, 3.63) is 76.0 Å². The van der Waals surface area contributed by atoms with Gasteiger partial charge in [-0.3, -0.25) is 9.59 Å². The van der Waals surface area contributed by atoms with Gasteiger partial charge in [0.05, 0.1) is 6.54 Å². The maximum atomic E-state index is 12.6. The lowest BCUT2D eigenvalue weighted by molar-refractivity contribution is -0.130. The zero-order chi connectivity index (χ0) is 22.4. The quantitative estimate of drug-likeness (QED) is 0.540. The summed E-state index contributed by atoms with van der Waals surface area (Å²) in [5.74, 6) is -1.46. The maximum absolute atomic E-state index is 12.6. The van der Waals surface area contributed by atoms with Crippen molar-refractivity contribution >= 4 is 34.8 Å². The number of hydrogen-bond acceptors (Lipinski definition) is 5. The molecule has 1 atom stereocenters. The van der Waals surface area contributed by atoms with Crippen LogP contribution in [-0.2, 0) is 14.3 Å². The summed E-state index contributed by atoms with van der Waals surface area (Å²) >= 11 is 1.26. The Bertz CT molecular complexity index is 1070. The molecule has 2 N–H and O–H groups in total. The van der Waals surface area contributed by atoms with Gasteiger partial charge < -0.3 is 15.4 Å². The molecule has 2 aromatic carbocycles. The Morgan fingerprint density at radius 1 is 0.968 bits per heavy atom. The molecule has 1 aromatic heterocycles. The molecule has 1 heterocycles. The lowest BCUT2D eigenvalue weighted by Gasteiger charge is -2.15. The maximum Gasteiger partial charge on any atom is 0.349 e. The number of carbonyl (C=O) groups is 3. The van der Waals surface area contributed by atoms with Gasteiger partial charge in [0.2, 0.25) is 5.91 Å². The molecule has 31 heavy (non-hydrogen) atoms. The number of hydrogen-bond donors (Lipinski definition) is 2. The molecule has 0 aliphatic heterocycles. The van der Waals surface area contributed by atoms with Crippen molar-refractivity contribution < 1.29 is 19.1 Å². The highest BCUT2D eigenvalue weighted by molar-refractivity contribution is 7.12. The summed E-state index contributed by atoms with van der Waals surface area (Å²) in [7, 11) is 0. The van der Waals surface area contributed by atoms with E-state index < -0.39 is 18.0 Å². The van der Waals surface area contributed by atoms with Crippen LogP contribution in [0.3, 0.4) is 0 Å². The van der Waals surface area contributed by atoms with E-state index in [1.54, 1.807) is 0 Å². The lowest BCUT2D eigenvalue weighted by Crippen LogP contribution is -2.40. The van der Waals surface area contributed by atoms with Crippen molar-refractivity contribution in [2.75, 3.05) is 11.9 Å². The van der Waals surface area contributed by atoms with Crippen LogP contribution in [0.1, 0.15) is 27.7 Å². The predicted octanol–water partition coefficient (Wildman–Crippen LogP) is 4.33. The van der Waals surface area contributed by atoms with E-state index in [0.29, 0.717) is 4.88 Å². The fourth-order valence-corrected chi connectivity index (χ4v) is 3.88. The summed E-state index contributed by atoms with van der Waals surface area (Å²) in [6.07, 6.45) is -1.04. The highest BCUT2D eigenvalue weighted by Gasteiger charge is 2.22. The summed E-state index contributed by atoms with van der Waals surface area (Å²) in [5, 5.41) is 7.12. The molecule has 7 heteroatoms. The molecule has 2 amide bonds. The van der Waals surface area contributed by atoms with Gasteiger partial charge >= 0.3 is 5.97 Å². The Hall–Kier alpha value is -3.45. The van der Waals surface area contributed by atoms with Crippen LogP contribution >= 0.6 is 11.3 Å². The number of esters is 1. The van der Waals surface area contributed by atoms with Crippen LogP contribution in [0.2, 0.25) is 0 Å². The Morgan fingerprint density at radius 2 is 1.65 bits per heavy atom. The predicted molar refractivity (Wildman–Crippen MR) is 122 cm³/mol. The van der Waals surface area contributed by atoms with Gasteiger partial charge in [0, 0.05) is 11.3 Å². The number of nitrogens with one attached hydrogen (secondary N) is 2. The van der Waals surface area contributed by atoms with Crippen LogP contribution < -0.4 is 10.6 Å². The topological polar surface area (TPSA) is 84.5 Å². The van der Waals surface area contributed by atoms with Crippen molar-refractivity contribution in [3.63, 3.8) is 0 Å². The molecule has 0 bridgehead atoms. The van der Waals surface area contributed by atoms with Crippen LogP contribution in [0.4, 0.5) is 5.69 Å². The zero-order valence-corrected chi connectivity index (χ0v) is 18.4. The van der Waals surface area contributed by atoms with Crippen LogP contribution in [0.15, 0.2) is 60.0 Å². The molecule has 0 unspecified atom stereocenters. The van der Waals surface area contributed by atoms with Gasteiger partial charge in [0.15, 0.2) is 6.10 Å². The molecule has 3 rings (SSSR count). The van der Waals surface area contributed by atoms with Crippen molar-refractivity contribution in [1.29, 1.82) is 0 Å². The number of thiophene rings is 1. The summed E-state index contributed by atoms with van der Waals surface area (Å²) in [4.78, 5) is 37.6. The molecule has 160 valence electrons. The minimum Gasteiger partial charge on any atom is -0.448 e. The van der Waals surface area contributed by atoms with E-state index in [2.05, 4.69) is 10.6 Å². The molecular weight excluding hydrogens is 412 g/mol. The number of ether oxygens (including phenoxy) is 1. The highest BCUT2D eigenvalue weighted by atomic mass is 32.1. The first-order chi connectivity index (χ1) is 14.9. The second-order valence-electron chi connectivity index (χ2n) is 7.11. The number of rotatable bonds is 7. The van der Waals surface area contributed by atoms with Crippen molar-refractivity contribution in [2.45, 2.75) is 26.9 Å². The van der Waals surface area contributed by atoms with Crippen molar-refractivity contribution in [2.24, 2.45) is 0 Å². The van der Waals surface area contributed by atoms with Crippen LogP contribution in [-0.4, -0.2) is 30.4 Å². The number of anilines is 1. The van der Waals surface area contributed by atoms with Gasteiger partial charge in [0.1, 0.15) is 4.88 Å². The van der Waals surface area contributed by atoms with E-state index >= 15 is 0 Å². The molecule has 6 nitrogen and oxygen atoms in total. The van der Waals surface area contributed by atoms with Crippen LogP contribution in [0.25, 0.3) is 11.1 Å². The number of amides is 2. The smallest absolute Gasteiger partial charge is 0.349 e. The number of benzene rings is 2. The summed E-state index contributed by atoms with van der Waals surface area (Å²) in [6.45, 7) is 5.06. The molecule has 0 aliphatic rings. The average Bonchev–Trinajstić information content (AvgIpc) is 3.25. The largest absolute Gasteiger partial charge is 0.448 e. The fourth-order valence-electron chi connectivity index (χ4n) is 3.09. The molecule has 0 saturated carbocycles. The first-order valence-electron chi connectivity index (χ1n) is 9.84. The van der Waals surface area contributed by atoms with E-state index in [4.69, 9.17) is 4.74 Å². The van der Waals surface area contributed by atoms with Crippen molar-refractivity contribution in [1.82, 2.24) is 5.32 Å². The van der Waals surface area contributed by atoms with Gasteiger partial charge in [-0.15, -0.1) is 11.3 Å². The molecule has 0 aliphatic carbocycles. The second-order valence-corrected chi connectivity index (χ2v) is 8.03. The first-order valence-corrected chi connectivity index (χ1v) is 10.7. The van der Waals surface area contributed by atoms with E-state index in [1.165, 1.54) is 18.3 Å². The zero-order valence-electron chi connectivity index (χ0n) is 17.6. The van der Waals surface area contributed by atoms with E-state index in [-0.39, 0.29) is 12.5 Å². The minimum absolute atomic E-state index is 0.219. The average molecular weight is 437 g/mol. The first kappa shape index (κ1) is 22.2. The Kier molecular flexibility index (Phi) is 7.20. The molecule has 0 fully saturated rings. The Morgan fingerprint density at radius 3 is 2.32 bits per heavy atom. The second kappa shape index (κ2) is 10.0. The normalized spacial score (nSPS) is 11.5. The Labute approximate surface area is 185 Å². The van der Waals surface area contributed by atoms with Crippen LogP contribution in [0.5, 0.6) is 0 Å². The number of para-hydroxylation sites is 1. The third kappa shape index (κ3) is 5.58. The SMILES string of the molecule is Cc1cccc(C)c1NC(=O)CNC(=O)[C@H](C)OC(=O)c1sccc1-c1ccccc1. The van der Waals surface area contributed by atoms with Gasteiger partial charge in [-0.25, -0.2) is 4.79 Å². The highest BCUT2D eigenvalue weighted by Crippen LogP contribution is 2.29. The third-order valence-electron chi connectivity index (χ3n) is 4.76. The number of carbonyl (C=O) groups excluding carboxylic acids is 3. The van der Waals surface area contributed by atoms with E-state index in [1.807, 2.05) is 73.8 Å². The van der Waals surface area contributed by atoms with Gasteiger partial charge in [-0.05, 0) is 48.9 Å². The van der Waals surface area contributed by atoms with Crippen molar-refractivity contribution in [3.8, 4) is 11.1 Å². The fraction of sp³-hybridized carbons (Fsp3) is 0.208. The molecule has 0 radical (unpaired) electrons. The summed E-state index contributed by atoms with van der Waals surface area (Å²) in [6, 6.07) is 17.1. The van der Waals surface area contributed by atoms with Gasteiger partial charge in [-0.1, -0.05) is 48.5 Å². The van der Waals surface area contributed by atoms with Crippen LogP contribution in [0, 0.1) is 13.8 Å². The van der Waals surface area contributed by atoms with E-state index in [0.717, 1.165) is 27.9 Å². The third-order valence-corrected chi connectivity index (χ3v) is 5.65. The number of aryl methyl sites for hydroxylation is 2. The van der Waals surface area contributed by atoms with Gasteiger partial charge in [-0.2, -0.15) is 0 Å². The standard InChI is InChI=1S/C24H24N2O4S/c1-15-8-7-9-16(2)21(15)26-20(27)14-25-23(28)17(3)30-24(29)22-19(12-13-31-22)18-10-5-4-6-11-18/h4-13,17H,14H2,1-3H3,(H,25,28)(H,26,27)/t17-/m0/s1. The molecule has 0 saturated heterocycles. The minimum atomic E-state index is -1.04. The molecule has 0 spiro atoms. The summed E-state index contributed by atoms with van der Waals surface area (Å²) < 4.78 is 5.34.